The molecule has 0 bridgehead atoms. The van der Waals surface area contributed by atoms with Gasteiger partial charge < -0.3 is 15.2 Å². The summed E-state index contributed by atoms with van der Waals surface area (Å²) in [4.78, 5) is 19.9. The van der Waals surface area contributed by atoms with E-state index in [9.17, 15) is 26.7 Å². The van der Waals surface area contributed by atoms with Gasteiger partial charge in [-0.15, -0.1) is 0 Å². The zero-order chi connectivity index (χ0) is 26.2. The molecule has 14 heteroatoms. The highest BCUT2D eigenvalue weighted by molar-refractivity contribution is 5.86. The maximum atomic E-state index is 14.4. The van der Waals surface area contributed by atoms with Crippen LogP contribution in [0.5, 0.6) is 0 Å². The number of aromatic nitrogens is 5. The molecular formula is C23H18F5N7O2. The predicted molar refractivity (Wildman–Crippen MR) is 119 cm³/mol. The Morgan fingerprint density at radius 3 is 2.59 bits per heavy atom. The molecule has 1 amide bonds. The molecule has 1 fully saturated rings. The summed E-state index contributed by atoms with van der Waals surface area (Å²) in [5.41, 5.74) is 1.05. The van der Waals surface area contributed by atoms with Crippen molar-refractivity contribution in [1.82, 2.24) is 30.2 Å². The minimum Gasteiger partial charge on any atom is -0.364 e. The Morgan fingerprint density at radius 1 is 1.14 bits per heavy atom. The number of carbonyl (C=O) groups excluding carboxylic acids is 1. The summed E-state index contributed by atoms with van der Waals surface area (Å²) in [6.07, 6.45) is -1.88. The molecule has 4 aromatic rings. The van der Waals surface area contributed by atoms with Crippen LogP contribution in [0, 0.1) is 11.6 Å². The molecule has 1 aliphatic carbocycles. The van der Waals surface area contributed by atoms with Crippen molar-refractivity contribution < 1.29 is 31.3 Å². The molecule has 1 unspecified atom stereocenters. The molecule has 0 aliphatic heterocycles. The van der Waals surface area contributed by atoms with Gasteiger partial charge in [0.25, 0.3) is 5.91 Å². The largest absolute Gasteiger partial charge is 0.417 e. The molecule has 192 valence electrons. The Labute approximate surface area is 205 Å². The van der Waals surface area contributed by atoms with Crippen LogP contribution in [-0.4, -0.2) is 49.1 Å². The first kappa shape index (κ1) is 24.3. The summed E-state index contributed by atoms with van der Waals surface area (Å²) in [5, 5.41) is 12.3. The fourth-order valence-corrected chi connectivity index (χ4v) is 3.52. The summed E-state index contributed by atoms with van der Waals surface area (Å²) in [5.74, 6) is -4.07. The van der Waals surface area contributed by atoms with E-state index in [0.717, 1.165) is 0 Å². The van der Waals surface area contributed by atoms with Gasteiger partial charge in [0.15, 0.2) is 17.5 Å². The molecule has 37 heavy (non-hydrogen) atoms. The number of nitrogens with zero attached hydrogens (tertiary/aromatic N) is 5. The third-order valence-corrected chi connectivity index (χ3v) is 5.53. The van der Waals surface area contributed by atoms with E-state index < -0.39 is 35.6 Å². The second-order valence-corrected chi connectivity index (χ2v) is 8.34. The van der Waals surface area contributed by atoms with Crippen molar-refractivity contribution in [1.29, 1.82) is 0 Å². The van der Waals surface area contributed by atoms with E-state index in [-0.39, 0.29) is 24.1 Å². The minimum atomic E-state index is -5.02. The third-order valence-electron chi connectivity index (χ3n) is 5.53. The molecule has 0 saturated heterocycles. The first-order chi connectivity index (χ1) is 17.7. The molecule has 1 saturated carbocycles. The van der Waals surface area contributed by atoms with Gasteiger partial charge in [-0.2, -0.15) is 18.3 Å². The van der Waals surface area contributed by atoms with Crippen LogP contribution in [-0.2, 0) is 11.3 Å². The Kier molecular flexibility index (Phi) is 6.31. The topological polar surface area (TPSA) is 111 Å². The average molecular weight is 519 g/mol. The van der Waals surface area contributed by atoms with Gasteiger partial charge in [0.1, 0.15) is 23.5 Å². The van der Waals surface area contributed by atoms with Crippen LogP contribution in [0.2, 0.25) is 0 Å². The fraction of sp³-hybridized carbons (Fsp3) is 0.261. The van der Waals surface area contributed by atoms with Crippen molar-refractivity contribution in [2.24, 2.45) is 0 Å². The maximum Gasteiger partial charge on any atom is 0.417 e. The number of benzene rings is 1. The quantitative estimate of drug-likeness (QED) is 0.339. The molecule has 9 nitrogen and oxygen atoms in total. The number of rotatable bonds is 8. The van der Waals surface area contributed by atoms with Gasteiger partial charge in [-0.05, 0) is 25.0 Å². The Balaban J connectivity index is 1.49. The van der Waals surface area contributed by atoms with E-state index in [4.69, 9.17) is 4.52 Å². The van der Waals surface area contributed by atoms with Crippen LogP contribution < -0.4 is 10.6 Å². The smallest absolute Gasteiger partial charge is 0.364 e. The van der Waals surface area contributed by atoms with Gasteiger partial charge in [-0.25, -0.2) is 18.7 Å². The standard InChI is InChI=1S/C23H18F5N7O2/c24-14-4-2-1-3-12(14)11-35-18(16-7-8-37-34-16)9-17(33-35)21-29-10-15(25)20(32-21)31-19(23(26,27)28)22(36)30-13-5-6-13/h1-4,7-10,13,19H,5-6,11H2,(H,30,36)(H,29,31,32). The third kappa shape index (κ3) is 5.42. The van der Waals surface area contributed by atoms with Crippen molar-refractivity contribution in [3.05, 3.63) is 66.1 Å². The molecule has 2 N–H and O–H groups in total. The lowest BCUT2D eigenvalue weighted by molar-refractivity contribution is -0.159. The SMILES string of the molecule is O=C(NC1CC1)C(Nc1nc(-c2cc(-c3ccon3)n(Cc3ccccc3F)n2)ncc1F)C(F)(F)F. The van der Waals surface area contributed by atoms with Gasteiger partial charge >= 0.3 is 6.18 Å². The number of anilines is 1. The van der Waals surface area contributed by atoms with E-state index in [0.29, 0.717) is 36.0 Å². The average Bonchev–Trinajstić information content (AvgIpc) is 3.32. The van der Waals surface area contributed by atoms with Crippen LogP contribution in [0.15, 0.2) is 53.4 Å². The zero-order valence-electron chi connectivity index (χ0n) is 18.8. The second-order valence-electron chi connectivity index (χ2n) is 8.34. The number of halogens is 5. The first-order valence-electron chi connectivity index (χ1n) is 11.1. The van der Waals surface area contributed by atoms with E-state index in [1.54, 1.807) is 12.1 Å². The molecule has 0 spiro atoms. The minimum absolute atomic E-state index is 0.0291. The predicted octanol–water partition coefficient (Wildman–Crippen LogP) is 3.94. The molecule has 3 aromatic heterocycles. The molecule has 5 rings (SSSR count). The molecule has 0 radical (unpaired) electrons. The molecule has 1 aliphatic rings. The van der Waals surface area contributed by atoms with Gasteiger partial charge in [-0.3, -0.25) is 9.48 Å². The van der Waals surface area contributed by atoms with Crippen LogP contribution >= 0.6 is 0 Å². The Hall–Kier alpha value is -4.36. The summed E-state index contributed by atoms with van der Waals surface area (Å²) in [7, 11) is 0. The molecule has 3 heterocycles. The van der Waals surface area contributed by atoms with Gasteiger partial charge in [0.2, 0.25) is 6.04 Å². The number of nitrogens with one attached hydrogen (secondary N) is 2. The molecular weight excluding hydrogens is 501 g/mol. The van der Waals surface area contributed by atoms with Crippen molar-refractivity contribution in [2.75, 3.05) is 5.32 Å². The van der Waals surface area contributed by atoms with E-state index in [2.05, 4.69) is 25.5 Å². The van der Waals surface area contributed by atoms with Crippen molar-refractivity contribution in [2.45, 2.75) is 37.6 Å². The van der Waals surface area contributed by atoms with Crippen LogP contribution in [0.1, 0.15) is 18.4 Å². The van der Waals surface area contributed by atoms with Gasteiger partial charge in [0, 0.05) is 17.7 Å². The van der Waals surface area contributed by atoms with Crippen molar-refractivity contribution in [3.63, 3.8) is 0 Å². The van der Waals surface area contributed by atoms with Gasteiger partial charge in [0.05, 0.1) is 18.4 Å². The first-order valence-corrected chi connectivity index (χ1v) is 11.1. The summed E-state index contributed by atoms with van der Waals surface area (Å²) in [6, 6.07) is 5.95. The fourth-order valence-electron chi connectivity index (χ4n) is 3.52. The highest BCUT2D eigenvalue weighted by Gasteiger charge is 2.46. The van der Waals surface area contributed by atoms with Crippen molar-refractivity contribution in [3.8, 4) is 22.9 Å². The lowest BCUT2D eigenvalue weighted by atomic mass is 10.2. The normalized spacial score (nSPS) is 14.4. The summed E-state index contributed by atoms with van der Waals surface area (Å²) < 4.78 is 75.7. The Morgan fingerprint density at radius 2 is 1.92 bits per heavy atom. The number of amides is 1. The number of carbonyl (C=O) groups is 1. The van der Waals surface area contributed by atoms with Crippen molar-refractivity contribution >= 4 is 11.7 Å². The zero-order valence-corrected chi connectivity index (χ0v) is 18.8. The lowest BCUT2D eigenvalue weighted by Crippen LogP contribution is -2.50. The van der Waals surface area contributed by atoms with Gasteiger partial charge in [-0.1, -0.05) is 23.4 Å². The summed E-state index contributed by atoms with van der Waals surface area (Å²) >= 11 is 0. The van der Waals surface area contributed by atoms with Crippen LogP contribution in [0.4, 0.5) is 27.8 Å². The highest BCUT2D eigenvalue weighted by Crippen LogP contribution is 2.29. The number of hydrogen-bond donors (Lipinski definition) is 2. The van der Waals surface area contributed by atoms with Crippen LogP contribution in [0.25, 0.3) is 22.9 Å². The second kappa shape index (κ2) is 9.59. The van der Waals surface area contributed by atoms with E-state index in [1.165, 1.54) is 35.2 Å². The highest BCUT2D eigenvalue weighted by atomic mass is 19.4. The molecule has 1 atom stereocenters. The summed E-state index contributed by atoms with van der Waals surface area (Å²) in [6.45, 7) is -0.0291. The Bertz CT molecular complexity index is 1420. The monoisotopic (exact) mass is 519 g/mol. The number of alkyl halides is 3. The lowest BCUT2D eigenvalue weighted by Gasteiger charge is -2.21. The maximum absolute atomic E-state index is 14.4. The molecule has 1 aromatic carbocycles. The number of hydrogen-bond acceptors (Lipinski definition) is 7. The van der Waals surface area contributed by atoms with E-state index >= 15 is 0 Å². The van der Waals surface area contributed by atoms with Crippen LogP contribution in [0.3, 0.4) is 0 Å². The van der Waals surface area contributed by atoms with E-state index in [1.807, 2.05) is 5.32 Å².